The van der Waals surface area contributed by atoms with E-state index in [0.29, 0.717) is 13.1 Å². The van der Waals surface area contributed by atoms with Gasteiger partial charge in [0.15, 0.2) is 6.54 Å². The Kier molecular flexibility index (Phi) is 8.07. The fourth-order valence-electron chi connectivity index (χ4n) is 4.86. The summed E-state index contributed by atoms with van der Waals surface area (Å²) >= 11 is 1.56. The van der Waals surface area contributed by atoms with Crippen LogP contribution < -0.4 is 9.47 Å². The van der Waals surface area contributed by atoms with E-state index < -0.39 is 20.2 Å². The molecule has 0 aliphatic carbocycles. The van der Waals surface area contributed by atoms with Crippen molar-refractivity contribution in [2.24, 2.45) is 0 Å². The summed E-state index contributed by atoms with van der Waals surface area (Å²) in [5.74, 6) is -0.693. The molecule has 0 radical (unpaired) electrons. The lowest BCUT2D eigenvalue weighted by atomic mass is 10.1. The molecule has 2 N–H and O–H groups in total. The normalized spacial score (nSPS) is 14.8. The maximum Gasteiger partial charge on any atom is 0.265 e. The van der Waals surface area contributed by atoms with Crippen molar-refractivity contribution in [2.45, 2.75) is 31.2 Å². The lowest BCUT2D eigenvalue weighted by Crippen LogP contribution is -2.39. The monoisotopic (exact) mass is 600 g/mol. The Hall–Kier alpha value is -3.16. The van der Waals surface area contributed by atoms with Crippen LogP contribution in [0.2, 0.25) is 0 Å². The van der Waals surface area contributed by atoms with Gasteiger partial charge in [-0.15, -0.1) is 0 Å². The second-order valence-corrected chi connectivity index (χ2v) is 13.9. The highest BCUT2D eigenvalue weighted by Crippen LogP contribution is 2.47. The van der Waals surface area contributed by atoms with Crippen LogP contribution in [0.3, 0.4) is 0 Å². The highest BCUT2D eigenvalue weighted by atomic mass is 32.2. The van der Waals surface area contributed by atoms with E-state index in [9.17, 15) is 25.9 Å². The van der Waals surface area contributed by atoms with Crippen molar-refractivity contribution in [1.29, 1.82) is 0 Å². The number of thioether (sulfide) groups is 1. The molecule has 2 aromatic carbocycles. The van der Waals surface area contributed by atoms with Crippen LogP contribution in [0.15, 0.2) is 83.0 Å². The molecule has 210 valence electrons. The number of benzene rings is 2. The van der Waals surface area contributed by atoms with Crippen LogP contribution in [0.25, 0.3) is 22.7 Å². The summed E-state index contributed by atoms with van der Waals surface area (Å²) in [7, 11) is -8.19. The number of anilines is 1. The maximum absolute atomic E-state index is 11.4. The number of aryl methyl sites for hydroxylation is 2. The van der Waals surface area contributed by atoms with Gasteiger partial charge in [0.25, 0.3) is 20.2 Å². The van der Waals surface area contributed by atoms with Crippen LogP contribution in [0.5, 0.6) is 0 Å². The number of fused-ring (bicyclic) bond motifs is 2. The smallest absolute Gasteiger partial charge is 0.265 e. The molecule has 0 bridgehead atoms. The first-order valence-corrected chi connectivity index (χ1v) is 16.8. The molecule has 40 heavy (non-hydrogen) atoms. The highest BCUT2D eigenvalue weighted by Gasteiger charge is 2.28. The molecule has 0 saturated heterocycles. The third kappa shape index (κ3) is 6.76. The average Bonchev–Trinajstić information content (AvgIpc) is 3.52. The van der Waals surface area contributed by atoms with Crippen LogP contribution in [0.1, 0.15) is 24.1 Å². The van der Waals surface area contributed by atoms with Gasteiger partial charge >= 0.3 is 0 Å². The molecule has 0 unspecified atom stereocenters. The zero-order valence-corrected chi connectivity index (χ0v) is 24.3. The summed E-state index contributed by atoms with van der Waals surface area (Å²) in [6.07, 6.45) is 6.39. The third-order valence-electron chi connectivity index (χ3n) is 6.68. The number of aromatic nitrogens is 2. The SMILES string of the molecule is Cc1ccc2c(ccc(C=C3Sc4ccc(-n5cccc5)cc4N3CCCS(=O)(=O)O)[n+]2CCCS(=O)(=O)O)c1. The topological polar surface area (TPSA) is 121 Å². The minimum Gasteiger partial charge on any atom is -0.335 e. The Balaban J connectivity index is 1.56. The zero-order valence-electron chi connectivity index (χ0n) is 21.8. The molecule has 0 spiro atoms. The van der Waals surface area contributed by atoms with Crippen LogP contribution in [-0.4, -0.2) is 48.6 Å². The molecule has 1 aliphatic heterocycles. The molecule has 0 atom stereocenters. The van der Waals surface area contributed by atoms with E-state index >= 15 is 0 Å². The number of nitrogens with zero attached hydrogens (tertiary/aromatic N) is 3. The van der Waals surface area contributed by atoms with Gasteiger partial charge in [-0.3, -0.25) is 9.11 Å². The van der Waals surface area contributed by atoms with Crippen molar-refractivity contribution >= 4 is 54.7 Å². The van der Waals surface area contributed by atoms with Crippen LogP contribution >= 0.6 is 11.8 Å². The van der Waals surface area contributed by atoms with E-state index in [1.807, 2.05) is 83.1 Å². The quantitative estimate of drug-likeness (QED) is 0.199. The number of pyridine rings is 1. The fourth-order valence-corrected chi connectivity index (χ4v) is 6.97. The Morgan fingerprint density at radius 1 is 0.900 bits per heavy atom. The molecular formula is C28H30N3O6S3+. The van der Waals surface area contributed by atoms with Gasteiger partial charge in [0.1, 0.15) is 0 Å². The van der Waals surface area contributed by atoms with Crippen molar-refractivity contribution in [3.05, 3.63) is 89.3 Å². The molecule has 1 aliphatic rings. The molecule has 5 rings (SSSR count). The van der Waals surface area contributed by atoms with Gasteiger partial charge < -0.3 is 9.47 Å². The number of rotatable bonds is 10. The van der Waals surface area contributed by atoms with Gasteiger partial charge in [0.05, 0.1) is 22.2 Å². The molecule has 2 aromatic heterocycles. The van der Waals surface area contributed by atoms with Crippen LogP contribution in [0.4, 0.5) is 5.69 Å². The molecule has 4 aromatic rings. The van der Waals surface area contributed by atoms with E-state index in [4.69, 9.17) is 0 Å². The van der Waals surface area contributed by atoms with E-state index in [1.54, 1.807) is 11.8 Å². The molecule has 0 saturated carbocycles. The van der Waals surface area contributed by atoms with Gasteiger partial charge in [-0.05, 0) is 55.8 Å². The van der Waals surface area contributed by atoms with Gasteiger partial charge in [-0.2, -0.15) is 21.4 Å². The fraction of sp³-hybridized carbons (Fsp3) is 0.250. The molecule has 0 fully saturated rings. The average molecular weight is 601 g/mol. The van der Waals surface area contributed by atoms with E-state index in [2.05, 4.69) is 17.0 Å². The largest absolute Gasteiger partial charge is 0.335 e. The van der Waals surface area contributed by atoms with Gasteiger partial charge in [0, 0.05) is 59.5 Å². The van der Waals surface area contributed by atoms with Crippen molar-refractivity contribution in [1.82, 2.24) is 4.57 Å². The standard InChI is InChI=1S/C28H29N3O6S3/c1-21-6-10-25-22(18-21)7-8-24(30(25)14-4-16-39(32,33)34)20-28-31(15-5-17-40(35,36)37)26-19-23(9-11-27(26)38-28)29-12-2-3-13-29/h2-3,6-13,18-20H,4-5,14-17H2,1H3,(H-,32,33,34,35,36,37)/p+1. The Bertz CT molecular complexity index is 1800. The lowest BCUT2D eigenvalue weighted by molar-refractivity contribution is -0.673. The first kappa shape index (κ1) is 28.4. The second-order valence-electron chi connectivity index (χ2n) is 9.73. The Morgan fingerprint density at radius 2 is 1.62 bits per heavy atom. The summed E-state index contributed by atoms with van der Waals surface area (Å²) in [4.78, 5) is 3.07. The minimum absolute atomic E-state index is 0.231. The van der Waals surface area contributed by atoms with E-state index in [1.165, 1.54) is 0 Å². The maximum atomic E-state index is 11.4. The predicted molar refractivity (Wildman–Crippen MR) is 158 cm³/mol. The summed E-state index contributed by atoms with van der Waals surface area (Å²) in [6, 6.07) is 20.1. The first-order chi connectivity index (χ1) is 19.0. The van der Waals surface area contributed by atoms with Crippen molar-refractivity contribution in [3.8, 4) is 5.69 Å². The Labute approximate surface area is 238 Å². The molecule has 3 heterocycles. The molecular weight excluding hydrogens is 571 g/mol. The van der Waals surface area contributed by atoms with Gasteiger partial charge in [-0.25, -0.2) is 0 Å². The number of hydrogen-bond acceptors (Lipinski definition) is 6. The summed E-state index contributed by atoms with van der Waals surface area (Å²) in [6.45, 7) is 2.75. The van der Waals surface area contributed by atoms with Gasteiger partial charge in [0.2, 0.25) is 11.2 Å². The molecule has 9 nitrogen and oxygen atoms in total. The molecule has 0 amide bonds. The third-order valence-corrected chi connectivity index (χ3v) is 9.40. The zero-order chi connectivity index (χ0) is 28.5. The van der Waals surface area contributed by atoms with Crippen LogP contribution in [0, 0.1) is 6.92 Å². The number of hydrogen-bond donors (Lipinski definition) is 2. The van der Waals surface area contributed by atoms with Crippen molar-refractivity contribution in [3.63, 3.8) is 0 Å². The van der Waals surface area contributed by atoms with E-state index in [0.717, 1.165) is 43.5 Å². The second kappa shape index (κ2) is 11.4. The van der Waals surface area contributed by atoms with Crippen molar-refractivity contribution in [2.75, 3.05) is 23.0 Å². The van der Waals surface area contributed by atoms with Crippen molar-refractivity contribution < 1.29 is 30.5 Å². The molecule has 12 heteroatoms. The lowest BCUT2D eigenvalue weighted by Gasteiger charge is -2.21. The van der Waals surface area contributed by atoms with Crippen LogP contribution in [-0.2, 0) is 26.8 Å². The predicted octanol–water partition coefficient (Wildman–Crippen LogP) is 4.69. The van der Waals surface area contributed by atoms with Gasteiger partial charge in [-0.1, -0.05) is 23.4 Å². The highest BCUT2D eigenvalue weighted by molar-refractivity contribution is 8.03. The summed E-state index contributed by atoms with van der Waals surface area (Å²) in [5, 5.41) is 1.89. The summed E-state index contributed by atoms with van der Waals surface area (Å²) < 4.78 is 68.4. The van der Waals surface area contributed by atoms with E-state index in [-0.39, 0.29) is 24.3 Å². The summed E-state index contributed by atoms with van der Waals surface area (Å²) in [5.41, 5.74) is 4.78. The Morgan fingerprint density at radius 3 is 2.35 bits per heavy atom. The first-order valence-electron chi connectivity index (χ1n) is 12.7. The minimum atomic E-state index is -4.10.